The van der Waals surface area contributed by atoms with E-state index in [2.05, 4.69) is 22.9 Å². The molecule has 0 saturated heterocycles. The number of benzene rings is 1. The van der Waals surface area contributed by atoms with E-state index in [0.717, 1.165) is 28.8 Å². The van der Waals surface area contributed by atoms with Crippen molar-refractivity contribution >= 4 is 15.9 Å². The van der Waals surface area contributed by atoms with Crippen molar-refractivity contribution in [1.82, 2.24) is 0 Å². The number of rotatable bonds is 6. The fourth-order valence-electron chi connectivity index (χ4n) is 1.32. The zero-order chi connectivity index (χ0) is 11.1. The molecule has 2 nitrogen and oxygen atoms in total. The standard InChI is InChI=1S/C12H18BrNO/c1-2-3-4-7-15-12-6-5-10(9-14)8-11(12)13/h5-6,8H,2-4,7,9,14H2,1H3. The number of ether oxygens (including phenoxy) is 1. The Labute approximate surface area is 99.9 Å². The Morgan fingerprint density at radius 1 is 1.33 bits per heavy atom. The third-order valence-corrected chi connectivity index (χ3v) is 2.86. The Morgan fingerprint density at radius 3 is 2.73 bits per heavy atom. The molecule has 0 radical (unpaired) electrons. The first kappa shape index (κ1) is 12.5. The molecule has 0 aliphatic heterocycles. The van der Waals surface area contributed by atoms with Crippen LogP contribution in [0.1, 0.15) is 31.7 Å². The number of halogens is 1. The van der Waals surface area contributed by atoms with Crippen LogP contribution in [0.25, 0.3) is 0 Å². The van der Waals surface area contributed by atoms with Gasteiger partial charge in [0.15, 0.2) is 0 Å². The van der Waals surface area contributed by atoms with Gasteiger partial charge in [-0.25, -0.2) is 0 Å². The second-order valence-corrected chi connectivity index (χ2v) is 4.38. The average molecular weight is 272 g/mol. The van der Waals surface area contributed by atoms with Crippen LogP contribution in [0.4, 0.5) is 0 Å². The minimum atomic E-state index is 0.564. The predicted molar refractivity (Wildman–Crippen MR) is 67.1 cm³/mol. The Morgan fingerprint density at radius 2 is 2.13 bits per heavy atom. The molecule has 0 amide bonds. The quantitative estimate of drug-likeness (QED) is 0.805. The largest absolute Gasteiger partial charge is 0.492 e. The third-order valence-electron chi connectivity index (χ3n) is 2.24. The highest BCUT2D eigenvalue weighted by atomic mass is 79.9. The smallest absolute Gasteiger partial charge is 0.133 e. The SMILES string of the molecule is CCCCCOc1ccc(CN)cc1Br. The summed E-state index contributed by atoms with van der Waals surface area (Å²) in [4.78, 5) is 0. The monoisotopic (exact) mass is 271 g/mol. The first-order valence-electron chi connectivity index (χ1n) is 5.39. The van der Waals surface area contributed by atoms with Gasteiger partial charge in [-0.05, 0) is 40.0 Å². The normalized spacial score (nSPS) is 10.3. The van der Waals surface area contributed by atoms with Crippen LogP contribution in [-0.4, -0.2) is 6.61 Å². The maximum Gasteiger partial charge on any atom is 0.133 e. The van der Waals surface area contributed by atoms with Gasteiger partial charge in [-0.15, -0.1) is 0 Å². The molecule has 0 spiro atoms. The molecule has 0 bridgehead atoms. The highest BCUT2D eigenvalue weighted by Gasteiger charge is 2.01. The second-order valence-electron chi connectivity index (χ2n) is 3.52. The lowest BCUT2D eigenvalue weighted by Gasteiger charge is -2.08. The molecule has 0 saturated carbocycles. The van der Waals surface area contributed by atoms with Gasteiger partial charge in [-0.3, -0.25) is 0 Å². The molecule has 0 aliphatic rings. The molecule has 0 fully saturated rings. The molecule has 0 atom stereocenters. The summed E-state index contributed by atoms with van der Waals surface area (Å²) in [5.41, 5.74) is 6.66. The minimum absolute atomic E-state index is 0.564. The van der Waals surface area contributed by atoms with Crippen LogP contribution in [0.2, 0.25) is 0 Å². The molecule has 84 valence electrons. The lowest BCUT2D eigenvalue weighted by Crippen LogP contribution is -2.00. The Hall–Kier alpha value is -0.540. The van der Waals surface area contributed by atoms with Crippen molar-refractivity contribution in [2.75, 3.05) is 6.61 Å². The van der Waals surface area contributed by atoms with Crippen LogP contribution in [0.15, 0.2) is 22.7 Å². The van der Waals surface area contributed by atoms with Crippen LogP contribution in [0.5, 0.6) is 5.75 Å². The van der Waals surface area contributed by atoms with E-state index in [1.807, 2.05) is 18.2 Å². The van der Waals surface area contributed by atoms with Gasteiger partial charge < -0.3 is 10.5 Å². The van der Waals surface area contributed by atoms with Gasteiger partial charge in [-0.1, -0.05) is 25.8 Å². The number of hydrogen-bond acceptors (Lipinski definition) is 2. The lowest BCUT2D eigenvalue weighted by molar-refractivity contribution is 0.304. The number of unbranched alkanes of at least 4 members (excludes halogenated alkanes) is 2. The van der Waals surface area contributed by atoms with Crippen LogP contribution in [0.3, 0.4) is 0 Å². The van der Waals surface area contributed by atoms with Gasteiger partial charge in [0.05, 0.1) is 11.1 Å². The van der Waals surface area contributed by atoms with Gasteiger partial charge in [0.1, 0.15) is 5.75 Å². The summed E-state index contributed by atoms with van der Waals surface area (Å²) >= 11 is 3.48. The molecule has 2 N–H and O–H groups in total. The van der Waals surface area contributed by atoms with Crippen molar-refractivity contribution < 1.29 is 4.74 Å². The lowest BCUT2D eigenvalue weighted by atomic mass is 10.2. The molecule has 1 aromatic rings. The van der Waals surface area contributed by atoms with E-state index < -0.39 is 0 Å². The summed E-state index contributed by atoms with van der Waals surface area (Å²) in [7, 11) is 0. The van der Waals surface area contributed by atoms with E-state index in [1.165, 1.54) is 12.8 Å². The molecular weight excluding hydrogens is 254 g/mol. The zero-order valence-corrected chi connectivity index (χ0v) is 10.7. The molecule has 0 unspecified atom stereocenters. The van der Waals surface area contributed by atoms with Gasteiger partial charge in [-0.2, -0.15) is 0 Å². The van der Waals surface area contributed by atoms with E-state index in [4.69, 9.17) is 10.5 Å². The maximum absolute atomic E-state index is 5.65. The molecule has 15 heavy (non-hydrogen) atoms. The van der Waals surface area contributed by atoms with Crippen LogP contribution >= 0.6 is 15.9 Å². The van der Waals surface area contributed by atoms with Gasteiger partial charge >= 0.3 is 0 Å². The first-order valence-corrected chi connectivity index (χ1v) is 6.18. The average Bonchev–Trinajstić information content (AvgIpc) is 2.26. The molecule has 1 rings (SSSR count). The Kier molecular flexibility index (Phi) is 5.73. The van der Waals surface area contributed by atoms with Crippen molar-refractivity contribution in [3.63, 3.8) is 0 Å². The molecule has 3 heteroatoms. The summed E-state index contributed by atoms with van der Waals surface area (Å²) < 4.78 is 6.64. The van der Waals surface area contributed by atoms with Crippen molar-refractivity contribution in [2.24, 2.45) is 5.73 Å². The van der Waals surface area contributed by atoms with E-state index >= 15 is 0 Å². The highest BCUT2D eigenvalue weighted by molar-refractivity contribution is 9.10. The Bertz CT molecular complexity index is 302. The zero-order valence-electron chi connectivity index (χ0n) is 9.13. The summed E-state index contributed by atoms with van der Waals surface area (Å²) in [6.45, 7) is 3.54. The highest BCUT2D eigenvalue weighted by Crippen LogP contribution is 2.26. The van der Waals surface area contributed by atoms with Crippen molar-refractivity contribution in [3.05, 3.63) is 28.2 Å². The molecule has 1 aromatic carbocycles. The van der Waals surface area contributed by atoms with E-state index in [9.17, 15) is 0 Å². The fraction of sp³-hybridized carbons (Fsp3) is 0.500. The number of nitrogens with two attached hydrogens (primary N) is 1. The maximum atomic E-state index is 5.65. The summed E-state index contributed by atoms with van der Waals surface area (Å²) in [6, 6.07) is 5.98. The summed E-state index contributed by atoms with van der Waals surface area (Å²) in [5.74, 6) is 0.906. The third kappa shape index (κ3) is 4.22. The van der Waals surface area contributed by atoms with Crippen molar-refractivity contribution in [1.29, 1.82) is 0 Å². The molecule has 0 heterocycles. The van der Waals surface area contributed by atoms with Crippen LogP contribution in [-0.2, 0) is 6.54 Å². The van der Waals surface area contributed by atoms with E-state index in [0.29, 0.717) is 6.54 Å². The second kappa shape index (κ2) is 6.85. The minimum Gasteiger partial charge on any atom is -0.492 e. The molecular formula is C12H18BrNO. The van der Waals surface area contributed by atoms with E-state index in [1.54, 1.807) is 0 Å². The fourth-order valence-corrected chi connectivity index (χ4v) is 1.86. The van der Waals surface area contributed by atoms with Crippen molar-refractivity contribution in [2.45, 2.75) is 32.7 Å². The summed E-state index contributed by atoms with van der Waals surface area (Å²) in [6.07, 6.45) is 3.55. The van der Waals surface area contributed by atoms with Crippen molar-refractivity contribution in [3.8, 4) is 5.75 Å². The van der Waals surface area contributed by atoms with Gasteiger partial charge in [0.25, 0.3) is 0 Å². The van der Waals surface area contributed by atoms with Gasteiger partial charge in [0, 0.05) is 6.54 Å². The Balaban J connectivity index is 2.47. The van der Waals surface area contributed by atoms with E-state index in [-0.39, 0.29) is 0 Å². The first-order chi connectivity index (χ1) is 7.27. The number of hydrogen-bond donors (Lipinski definition) is 1. The van der Waals surface area contributed by atoms with Gasteiger partial charge in [0.2, 0.25) is 0 Å². The van der Waals surface area contributed by atoms with Crippen LogP contribution < -0.4 is 10.5 Å². The topological polar surface area (TPSA) is 35.2 Å². The molecule has 0 aliphatic carbocycles. The van der Waals surface area contributed by atoms with Crippen LogP contribution in [0, 0.1) is 0 Å². The molecule has 0 aromatic heterocycles. The predicted octanol–water partition coefficient (Wildman–Crippen LogP) is 3.48. The summed E-state index contributed by atoms with van der Waals surface area (Å²) in [5, 5.41) is 0.